The molecule has 0 saturated carbocycles. The maximum absolute atomic E-state index is 12.8. The van der Waals surface area contributed by atoms with Crippen LogP contribution in [0.2, 0.25) is 0 Å². The van der Waals surface area contributed by atoms with Gasteiger partial charge in [0.15, 0.2) is 50.3 Å². The summed E-state index contributed by atoms with van der Waals surface area (Å²) in [7, 11) is 1.37. The van der Waals surface area contributed by atoms with Crippen molar-refractivity contribution in [3.05, 3.63) is 0 Å². The minimum atomic E-state index is -2.97. The molecule has 57 nitrogen and oxygen atoms in total. The van der Waals surface area contributed by atoms with Gasteiger partial charge in [0.05, 0.1) is 127 Å². The van der Waals surface area contributed by atoms with E-state index in [-0.39, 0.29) is 6.61 Å². The lowest BCUT2D eigenvalue weighted by Gasteiger charge is -2.51. The van der Waals surface area contributed by atoms with E-state index in [0.717, 1.165) is 0 Å². The van der Waals surface area contributed by atoms with Gasteiger partial charge in [0.1, 0.15) is 208 Å². The minimum absolute atomic E-state index is 0.0954. The topological polar surface area (TPSA) is 916 Å². The molecule has 11 fully saturated rings. The first kappa shape index (κ1) is 112. The van der Waals surface area contributed by atoms with E-state index >= 15 is 0 Å². The van der Waals surface area contributed by atoms with Crippen molar-refractivity contribution in [3.63, 3.8) is 0 Å². The fourth-order valence-corrected chi connectivity index (χ4v) is 18.1. The van der Waals surface area contributed by atoms with Gasteiger partial charge >= 0.3 is 11.9 Å². The highest BCUT2D eigenvalue weighted by Crippen LogP contribution is 2.44. The predicted molar refractivity (Wildman–Crippen MR) is 424 cm³/mol. The summed E-state index contributed by atoms with van der Waals surface area (Å²) in [6.45, 7) is -3.85. The van der Waals surface area contributed by atoms with Crippen molar-refractivity contribution in [2.24, 2.45) is 35.1 Å². The first-order valence-corrected chi connectivity index (χ1v) is 44.1. The van der Waals surface area contributed by atoms with E-state index in [0.29, 0.717) is 0 Å². The maximum Gasteiger partial charge on any atom is 0.364 e. The number of aliphatic hydroxyl groups excluding tert-OH is 29. The van der Waals surface area contributed by atoms with Gasteiger partial charge in [-0.15, -0.1) is 0 Å². The number of carbonyl (C=O) groups is 2. The van der Waals surface area contributed by atoms with Gasteiger partial charge in [-0.1, -0.05) is 27.7 Å². The van der Waals surface area contributed by atoms with Crippen LogP contribution in [0.25, 0.3) is 0 Å². The zero-order valence-corrected chi connectivity index (χ0v) is 73.8. The summed E-state index contributed by atoms with van der Waals surface area (Å²) >= 11 is 0. The van der Waals surface area contributed by atoms with Crippen LogP contribution in [0, 0.1) is 23.7 Å². The molecule has 11 aliphatic rings. The van der Waals surface area contributed by atoms with Crippen molar-refractivity contribution in [2.45, 2.75) is 372 Å². The Balaban J connectivity index is 0.832. The van der Waals surface area contributed by atoms with Gasteiger partial charge in [-0.3, -0.25) is 0 Å². The SMILES string of the molecule is BOCC1OC(C)[C@@H](C)[C@@H](O)C1OC1OC(CO)[C@@H](OC2OC(COC3OC(CO)C(O)[C@H](O)[C@H]3OC3OC(CO)C(OC4OC(COC5(C(=O)O)C[C@@H](O)[C@@H](N)C([C@@H](O)[C@H](O)CO)O5)C(O)[C@H](O)[C@@H]4O)[C@H](O)[C@@H]3C)C(O)[C@H](OC3OC(CO)C(O)[C@@H](O)[C@@H]3OC3OC(CO)C(OC4OC(COC5(C(=O)O)C[C@@H](O)[C@@H](N)C([C@@H](O)[C@H](O)CO)O5)C(O)[C@H](O)[C@@H]4O)[C@H](O)[C@@H]3C)[C@H]2O)[C@H](O)[C@@H]1C. The number of carboxylic acids is 2. The first-order chi connectivity index (χ1) is 63.7. The first-order valence-electron chi connectivity index (χ1n) is 44.1. The molecule has 0 aromatic heterocycles. The zero-order valence-electron chi connectivity index (χ0n) is 73.8. The summed E-state index contributed by atoms with van der Waals surface area (Å²) in [4.78, 5) is 25.7. The molecule has 0 aliphatic carbocycles. The molecule has 11 heterocycles. The molecule has 11 saturated heterocycles. The summed E-state index contributed by atoms with van der Waals surface area (Å²) in [6.07, 6.45) is -97.8. The molecule has 0 aromatic carbocycles. The molecule has 11 rings (SSSR count). The van der Waals surface area contributed by atoms with Crippen LogP contribution in [0.3, 0.4) is 0 Å². The lowest BCUT2D eigenvalue weighted by Crippen LogP contribution is -2.68. The van der Waals surface area contributed by atoms with Gasteiger partial charge in [-0.05, 0) is 6.92 Å². The molecule has 58 heteroatoms. The molecule has 30 unspecified atom stereocenters. The van der Waals surface area contributed by atoms with E-state index in [1.165, 1.54) is 28.8 Å². The number of hydrogen-bond acceptors (Lipinski definition) is 55. The molecule has 0 amide bonds. The standard InChI is InChI=1S/C77H133BN2O55/c1-19-23(5)118-36(18-117-78)60(39(19)92)127-66-20(2)40(93)59(32(14-87)121-66)130-71-56(109)63(131-73-65(53(106)46(99)29(11-84)120-73)133-68-22(4)42(95)58(31(13-86)123-68)129-70-55(108)51(104)48(101)35(126-70)17-116-77(75(112)113)7-25(89)38(80)62(135-77)44(97)27(91)9-82)49(102)33(124-71)15-114-72-64(52(105)45(98)28(10-83)119-72)132-67-21(3)41(94)57(30(12-85)122-67)128-69-54(107)50(103)47(100)34(125-69)16-115-76(74(110)111)6-24(88)37(79)61(134-76)43(96)26(90)8-81/h19-73,81-109H,6-18,78-80H2,1-5H3,(H,110,111)(H,112,113)/t19-,20+,21+,22+,23?,24-,25-,26-,27-,28?,29?,30?,31?,32?,33?,34?,35?,36?,37-,38-,39-,40-,41-,42-,43+,44+,45?,46?,47?,48?,49?,50+,51+,52+,53-,54+,55+,56-,57?,58?,59-,60?,61?,62?,63+,64-,65+,66?,67?,68?,69?,70?,71?,72?,73?,76?,77?/m1/s1. The third-order valence-electron chi connectivity index (χ3n) is 27.0. The number of ether oxygens (including phenoxy) is 21. The van der Waals surface area contributed by atoms with Crippen molar-refractivity contribution in [1.29, 1.82) is 0 Å². The third kappa shape index (κ3) is 23.7. The van der Waals surface area contributed by atoms with E-state index in [9.17, 15) is 168 Å². The molecule has 784 valence electrons. The summed E-state index contributed by atoms with van der Waals surface area (Å²) in [5, 5.41) is 345. The van der Waals surface area contributed by atoms with Crippen molar-refractivity contribution in [3.8, 4) is 0 Å². The average molecular weight is 1980 g/mol. The number of hydrogen-bond donors (Lipinski definition) is 33. The van der Waals surface area contributed by atoms with Crippen molar-refractivity contribution < 1.29 is 272 Å². The van der Waals surface area contributed by atoms with Gasteiger partial charge in [0.25, 0.3) is 19.6 Å². The van der Waals surface area contributed by atoms with Crippen LogP contribution in [0.4, 0.5) is 0 Å². The van der Waals surface area contributed by atoms with Crippen LogP contribution < -0.4 is 11.5 Å². The second-order valence-corrected chi connectivity index (χ2v) is 36.0. The molecule has 35 N–H and O–H groups in total. The highest BCUT2D eigenvalue weighted by molar-refractivity contribution is 5.97. The second kappa shape index (κ2) is 47.8. The van der Waals surface area contributed by atoms with Crippen LogP contribution >= 0.6 is 0 Å². The third-order valence-corrected chi connectivity index (χ3v) is 27.0. The van der Waals surface area contributed by atoms with E-state index in [2.05, 4.69) is 0 Å². The Morgan fingerprint density at radius 3 is 0.993 bits per heavy atom. The second-order valence-electron chi connectivity index (χ2n) is 36.0. The van der Waals surface area contributed by atoms with Gasteiger partial charge in [-0.2, -0.15) is 0 Å². The predicted octanol–water partition coefficient (Wildman–Crippen LogP) is -20.9. The molecular formula is C77H133BN2O55. The minimum Gasteiger partial charge on any atom is -0.477 e. The number of nitrogens with two attached hydrogens (primary N) is 2. The van der Waals surface area contributed by atoms with Crippen LogP contribution in [0.1, 0.15) is 47.5 Å². The Hall–Kier alpha value is -3.12. The van der Waals surface area contributed by atoms with E-state index in [1.807, 2.05) is 0 Å². The number of aliphatic carboxylic acids is 2. The van der Waals surface area contributed by atoms with Crippen LogP contribution in [0.15, 0.2) is 0 Å². The lowest BCUT2D eigenvalue weighted by atomic mass is 9.88. The van der Waals surface area contributed by atoms with Crippen molar-refractivity contribution in [2.75, 3.05) is 72.7 Å². The molecular weight excluding hydrogens is 1840 g/mol. The fraction of sp³-hybridized carbons (Fsp3) is 0.974. The highest BCUT2D eigenvalue weighted by Gasteiger charge is 2.64. The van der Waals surface area contributed by atoms with E-state index in [1.54, 1.807) is 13.8 Å². The molecule has 0 spiro atoms. The molecule has 135 heavy (non-hydrogen) atoms. The molecule has 0 radical (unpaired) electrons. The Bertz CT molecular complexity index is 3640. The fourth-order valence-electron chi connectivity index (χ4n) is 18.1. The van der Waals surface area contributed by atoms with Gasteiger partial charge in [0.2, 0.25) is 0 Å². The summed E-state index contributed by atoms with van der Waals surface area (Å²) in [5.41, 5.74) is 11.9. The lowest BCUT2D eigenvalue weighted by molar-refractivity contribution is -0.402. The highest BCUT2D eigenvalue weighted by atomic mass is 16.8. The average Bonchev–Trinajstić information content (AvgIpc) is 0.766. The van der Waals surface area contributed by atoms with Crippen LogP contribution in [-0.4, -0.2) is 575 Å². The van der Waals surface area contributed by atoms with E-state index < -0.39 is 439 Å². The maximum atomic E-state index is 12.8. The monoisotopic (exact) mass is 1980 g/mol. The quantitative estimate of drug-likeness (QED) is 0.0255. The Morgan fingerprint density at radius 2 is 0.630 bits per heavy atom. The summed E-state index contributed by atoms with van der Waals surface area (Å²) in [5.74, 6) is -14.6. The molecule has 11 aliphatic heterocycles. The van der Waals surface area contributed by atoms with Crippen molar-refractivity contribution in [1.82, 2.24) is 0 Å². The molecule has 57 atom stereocenters. The van der Waals surface area contributed by atoms with Gasteiger partial charge in [0, 0.05) is 36.5 Å². The van der Waals surface area contributed by atoms with E-state index in [4.69, 9.17) is 116 Å². The van der Waals surface area contributed by atoms with Crippen LogP contribution in [0.5, 0.6) is 0 Å². The Labute approximate surface area is 769 Å². The molecule has 0 bridgehead atoms. The summed E-state index contributed by atoms with van der Waals surface area (Å²) in [6, 6.07) is -3.17. The summed E-state index contributed by atoms with van der Waals surface area (Å²) < 4.78 is 131. The number of rotatable bonds is 38. The smallest absolute Gasteiger partial charge is 0.364 e. The van der Waals surface area contributed by atoms with Gasteiger partial charge in [-0.25, -0.2) is 9.59 Å². The Kier molecular flexibility index (Phi) is 39.8. The zero-order chi connectivity index (χ0) is 99.7. The number of carboxylic acid groups (broad SMARTS) is 2. The number of aliphatic hydroxyl groups is 29. The normalized spacial score (nSPS) is 50.7. The van der Waals surface area contributed by atoms with Crippen LogP contribution in [-0.2, 0) is 114 Å². The largest absolute Gasteiger partial charge is 0.477 e. The van der Waals surface area contributed by atoms with Crippen molar-refractivity contribution >= 4 is 20.0 Å². The molecule has 0 aromatic rings. The van der Waals surface area contributed by atoms with Gasteiger partial charge < -0.3 is 274 Å². The Morgan fingerprint density at radius 1 is 0.326 bits per heavy atom.